The fourth-order valence-corrected chi connectivity index (χ4v) is 13.6. The van der Waals surface area contributed by atoms with Crippen molar-refractivity contribution in [1.82, 2.24) is 0 Å². The fraction of sp³-hybridized carbons (Fsp3) is 0.308. The molecular formula is C52H47N. The van der Waals surface area contributed by atoms with E-state index in [1.165, 1.54) is 115 Å². The highest BCUT2D eigenvalue weighted by atomic mass is 15.2. The van der Waals surface area contributed by atoms with E-state index in [0.29, 0.717) is 11.8 Å². The fourth-order valence-electron chi connectivity index (χ4n) is 13.6. The van der Waals surface area contributed by atoms with Gasteiger partial charge in [0.2, 0.25) is 0 Å². The molecule has 260 valence electrons. The minimum atomic E-state index is 0.0681. The first-order valence-corrected chi connectivity index (χ1v) is 20.7. The minimum Gasteiger partial charge on any atom is -0.310 e. The Morgan fingerprint density at radius 3 is 1.77 bits per heavy atom. The maximum absolute atomic E-state index is 2.73. The first kappa shape index (κ1) is 30.6. The number of benzene rings is 6. The molecule has 6 aromatic rings. The lowest BCUT2D eigenvalue weighted by Crippen LogP contribution is -2.55. The molecule has 0 atom stereocenters. The number of hydrogen-bond acceptors (Lipinski definition) is 1. The second-order valence-corrected chi connectivity index (χ2v) is 17.6. The van der Waals surface area contributed by atoms with E-state index in [1.807, 2.05) is 0 Å². The lowest BCUT2D eigenvalue weighted by molar-refractivity contribution is -0.0397. The van der Waals surface area contributed by atoms with Crippen LogP contribution < -0.4 is 4.90 Å². The number of nitrogens with zero attached hydrogens (tertiary/aromatic N) is 1. The van der Waals surface area contributed by atoms with Crippen molar-refractivity contribution >= 4 is 17.1 Å². The van der Waals surface area contributed by atoms with Gasteiger partial charge in [-0.05, 0) is 143 Å². The molecule has 2 spiro atoms. The number of anilines is 3. The monoisotopic (exact) mass is 685 g/mol. The normalized spacial score (nSPS) is 26.3. The van der Waals surface area contributed by atoms with Crippen molar-refractivity contribution in [3.05, 3.63) is 162 Å². The van der Waals surface area contributed by atoms with Crippen LogP contribution in [0.15, 0.2) is 140 Å². The molecule has 0 saturated heterocycles. The van der Waals surface area contributed by atoms with E-state index in [1.54, 1.807) is 22.3 Å². The molecular weight excluding hydrogens is 639 g/mol. The van der Waals surface area contributed by atoms with Crippen molar-refractivity contribution in [2.75, 3.05) is 4.90 Å². The average Bonchev–Trinajstić information content (AvgIpc) is 3.66. The highest BCUT2D eigenvalue weighted by Crippen LogP contribution is 2.71. The van der Waals surface area contributed by atoms with E-state index in [0.717, 1.165) is 11.8 Å². The van der Waals surface area contributed by atoms with Gasteiger partial charge in [-0.3, -0.25) is 0 Å². The zero-order valence-electron chi connectivity index (χ0n) is 30.6. The van der Waals surface area contributed by atoms with Crippen LogP contribution >= 0.6 is 0 Å². The summed E-state index contributed by atoms with van der Waals surface area (Å²) in [5.41, 5.74) is 18.9. The predicted molar refractivity (Wildman–Crippen MR) is 219 cm³/mol. The first-order valence-electron chi connectivity index (χ1n) is 20.7. The molecule has 0 amide bonds. The summed E-state index contributed by atoms with van der Waals surface area (Å²) < 4.78 is 0. The van der Waals surface area contributed by atoms with Gasteiger partial charge in [-0.2, -0.15) is 0 Å². The Kier molecular flexibility index (Phi) is 6.53. The second-order valence-electron chi connectivity index (χ2n) is 17.6. The quantitative estimate of drug-likeness (QED) is 0.179. The van der Waals surface area contributed by atoms with Crippen molar-refractivity contribution in [2.45, 2.75) is 75.0 Å². The highest BCUT2D eigenvalue weighted by molar-refractivity contribution is 5.98. The van der Waals surface area contributed by atoms with Gasteiger partial charge in [0.25, 0.3) is 0 Å². The third-order valence-corrected chi connectivity index (χ3v) is 15.2. The van der Waals surface area contributed by atoms with Crippen molar-refractivity contribution < 1.29 is 0 Å². The van der Waals surface area contributed by atoms with Crippen LogP contribution in [-0.2, 0) is 10.8 Å². The van der Waals surface area contributed by atoms with Gasteiger partial charge in [0.1, 0.15) is 0 Å². The van der Waals surface area contributed by atoms with Crippen molar-refractivity contribution in [2.24, 2.45) is 23.7 Å². The van der Waals surface area contributed by atoms with E-state index >= 15 is 0 Å². The zero-order chi connectivity index (χ0) is 34.7. The molecule has 7 aliphatic carbocycles. The number of hydrogen-bond donors (Lipinski definition) is 0. The standard InChI is InChI=1S/C52H47N/c1-3-13-36(14-4-1)37-23-25-40(26-24-37)53(47-21-12-20-46-49(47)43-16-6-7-18-44(43)51(46)27-9-2-10-28-51)48-22-11-17-42-41-15-5-8-19-45(41)52(50(42)48)38-30-34-29-35(32-38)33-39(52)31-34/h1,3-8,11-26,34-35,38-39H,2,9-10,27-33H2. The van der Waals surface area contributed by atoms with E-state index < -0.39 is 0 Å². The second kappa shape index (κ2) is 11.3. The maximum atomic E-state index is 2.73. The van der Waals surface area contributed by atoms with Gasteiger partial charge in [0.15, 0.2) is 0 Å². The van der Waals surface area contributed by atoms with Gasteiger partial charge in [0.05, 0.1) is 11.4 Å². The lowest BCUT2D eigenvalue weighted by atomic mass is 9.43. The van der Waals surface area contributed by atoms with Gasteiger partial charge in [-0.25, -0.2) is 0 Å². The van der Waals surface area contributed by atoms with Gasteiger partial charge in [0, 0.05) is 22.1 Å². The Morgan fingerprint density at radius 1 is 0.434 bits per heavy atom. The summed E-state index contributed by atoms with van der Waals surface area (Å²) in [5, 5.41) is 0. The molecule has 0 aliphatic heterocycles. The molecule has 1 heteroatoms. The smallest absolute Gasteiger partial charge is 0.0543 e. The summed E-state index contributed by atoms with van der Waals surface area (Å²) in [6.07, 6.45) is 13.5. The molecule has 5 saturated carbocycles. The molecule has 13 rings (SSSR count). The Hall–Kier alpha value is -4.88. The first-order chi connectivity index (χ1) is 26.2. The van der Waals surface area contributed by atoms with Gasteiger partial charge in [-0.15, -0.1) is 0 Å². The van der Waals surface area contributed by atoms with Crippen LogP contribution in [0.3, 0.4) is 0 Å². The average molecular weight is 686 g/mol. The summed E-state index contributed by atoms with van der Waals surface area (Å²) >= 11 is 0. The minimum absolute atomic E-state index is 0.0681. The molecule has 0 radical (unpaired) electrons. The summed E-state index contributed by atoms with van der Waals surface area (Å²) in [6, 6.07) is 54.1. The molecule has 0 aromatic heterocycles. The van der Waals surface area contributed by atoms with Crippen molar-refractivity contribution in [3.8, 4) is 33.4 Å². The van der Waals surface area contributed by atoms with Gasteiger partial charge >= 0.3 is 0 Å². The molecule has 0 unspecified atom stereocenters. The van der Waals surface area contributed by atoms with Crippen LogP contribution in [0, 0.1) is 23.7 Å². The van der Waals surface area contributed by atoms with Crippen molar-refractivity contribution in [1.29, 1.82) is 0 Å². The summed E-state index contributed by atoms with van der Waals surface area (Å²) in [6.45, 7) is 0. The third-order valence-electron chi connectivity index (χ3n) is 15.2. The SMILES string of the molecule is c1ccc(-c2ccc(N(c3cccc4c3-c3ccccc3C43CCCCC3)c3cccc4c3C3(c5ccccc5-4)C4CC5CC(C4)CC3C5)cc2)cc1. The topological polar surface area (TPSA) is 3.24 Å². The lowest BCUT2D eigenvalue weighted by Gasteiger charge is -2.61. The van der Waals surface area contributed by atoms with Crippen molar-refractivity contribution in [3.63, 3.8) is 0 Å². The van der Waals surface area contributed by atoms with Crippen LogP contribution in [0.4, 0.5) is 17.1 Å². The summed E-state index contributed by atoms with van der Waals surface area (Å²) in [5.74, 6) is 3.23. The van der Waals surface area contributed by atoms with Crippen LogP contribution in [0.25, 0.3) is 33.4 Å². The Bertz CT molecular complexity index is 2370. The molecule has 6 aromatic carbocycles. The van der Waals surface area contributed by atoms with Gasteiger partial charge in [-0.1, -0.05) is 135 Å². The molecule has 4 bridgehead atoms. The Labute approximate surface area is 314 Å². The summed E-state index contributed by atoms with van der Waals surface area (Å²) in [7, 11) is 0. The van der Waals surface area contributed by atoms with Crippen LogP contribution in [-0.4, -0.2) is 0 Å². The number of fused-ring (bicyclic) bond motifs is 8. The van der Waals surface area contributed by atoms with E-state index in [9.17, 15) is 0 Å². The molecule has 53 heavy (non-hydrogen) atoms. The highest BCUT2D eigenvalue weighted by Gasteiger charge is 2.62. The van der Waals surface area contributed by atoms with Crippen LogP contribution in [0.1, 0.15) is 86.5 Å². The van der Waals surface area contributed by atoms with Crippen LogP contribution in [0.2, 0.25) is 0 Å². The zero-order valence-corrected chi connectivity index (χ0v) is 30.6. The molecule has 0 heterocycles. The molecule has 5 fully saturated rings. The third kappa shape index (κ3) is 4.09. The summed E-state index contributed by atoms with van der Waals surface area (Å²) in [4.78, 5) is 2.73. The van der Waals surface area contributed by atoms with E-state index in [4.69, 9.17) is 0 Å². The largest absolute Gasteiger partial charge is 0.310 e. The van der Waals surface area contributed by atoms with E-state index in [-0.39, 0.29) is 10.8 Å². The van der Waals surface area contributed by atoms with Gasteiger partial charge < -0.3 is 4.90 Å². The Balaban J connectivity index is 1.14. The number of rotatable bonds is 4. The van der Waals surface area contributed by atoms with Crippen LogP contribution in [0.5, 0.6) is 0 Å². The molecule has 7 aliphatic rings. The predicted octanol–water partition coefficient (Wildman–Crippen LogP) is 13.8. The molecule has 1 nitrogen and oxygen atoms in total. The maximum Gasteiger partial charge on any atom is 0.0543 e. The Morgan fingerprint density at radius 2 is 1.02 bits per heavy atom. The molecule has 0 N–H and O–H groups in total. The van der Waals surface area contributed by atoms with E-state index in [2.05, 4.69) is 144 Å².